The Hall–Kier alpha value is -1.45. The quantitative estimate of drug-likeness (QED) is 0.726. The number of rotatable bonds is 1. The van der Waals surface area contributed by atoms with Gasteiger partial charge in [0.05, 0.1) is 6.20 Å². The maximum Gasteiger partial charge on any atom is 0.180 e. The van der Waals surface area contributed by atoms with Crippen molar-refractivity contribution in [1.29, 1.82) is 0 Å². The molecule has 2 aromatic heterocycles. The third-order valence-corrected chi connectivity index (χ3v) is 1.55. The molecular weight excluding hydrogens is 164 g/mol. The molecule has 0 bridgehead atoms. The Bertz CT molecular complexity index is 333. The highest BCUT2D eigenvalue weighted by Crippen LogP contribution is 2.05. The second kappa shape index (κ2) is 4.54. The summed E-state index contributed by atoms with van der Waals surface area (Å²) in [6.07, 6.45) is 4.13. The monoisotopic (exact) mass is 178 g/mol. The molecule has 70 valence electrons. The molecule has 0 fully saturated rings. The first-order valence-electron chi connectivity index (χ1n) is 4.54. The lowest BCUT2D eigenvalue weighted by Gasteiger charge is -1.81. The van der Waals surface area contributed by atoms with Gasteiger partial charge in [-0.3, -0.25) is 0 Å². The predicted octanol–water partition coefficient (Wildman–Crippen LogP) is 1.94. The van der Waals surface area contributed by atoms with Crippen molar-refractivity contribution in [3.8, 4) is 0 Å². The van der Waals surface area contributed by atoms with Crippen molar-refractivity contribution >= 4 is 11.2 Å². The summed E-state index contributed by atoms with van der Waals surface area (Å²) in [5.41, 5.74) is 1.65. The van der Waals surface area contributed by atoms with E-state index in [1.54, 1.807) is 6.20 Å². The number of nitrogens with one attached hydrogen (secondary N) is 1. The lowest BCUT2D eigenvalue weighted by molar-refractivity contribution is 0.997. The van der Waals surface area contributed by atoms with Gasteiger partial charge in [-0.25, -0.2) is 15.0 Å². The van der Waals surface area contributed by atoms with Gasteiger partial charge in [0.15, 0.2) is 5.65 Å². The van der Waals surface area contributed by atoms with E-state index in [1.807, 2.05) is 20.8 Å². The summed E-state index contributed by atoms with van der Waals surface area (Å²) in [5, 5.41) is 0. The van der Waals surface area contributed by atoms with Crippen LogP contribution in [0.5, 0.6) is 0 Å². The lowest BCUT2D eigenvalue weighted by atomic mass is 10.5. The van der Waals surface area contributed by atoms with Gasteiger partial charge in [0.1, 0.15) is 17.7 Å². The van der Waals surface area contributed by atoms with Crippen LogP contribution in [0, 0.1) is 0 Å². The van der Waals surface area contributed by atoms with E-state index in [0.29, 0.717) is 0 Å². The van der Waals surface area contributed by atoms with Crippen LogP contribution in [0.25, 0.3) is 11.2 Å². The minimum Gasteiger partial charge on any atom is -0.339 e. The molecule has 1 N–H and O–H groups in total. The first-order valence-corrected chi connectivity index (χ1v) is 4.54. The summed E-state index contributed by atoms with van der Waals surface area (Å²) < 4.78 is 0. The van der Waals surface area contributed by atoms with Crippen LogP contribution in [0.4, 0.5) is 0 Å². The molecule has 0 saturated heterocycles. The molecule has 2 rings (SSSR count). The van der Waals surface area contributed by atoms with E-state index in [9.17, 15) is 0 Å². The van der Waals surface area contributed by atoms with Crippen LogP contribution in [0.2, 0.25) is 0 Å². The fourth-order valence-corrected chi connectivity index (χ4v) is 0.979. The summed E-state index contributed by atoms with van der Waals surface area (Å²) >= 11 is 0. The number of hydrogen-bond donors (Lipinski definition) is 1. The minimum atomic E-state index is 0.747. The van der Waals surface area contributed by atoms with Crippen LogP contribution in [-0.4, -0.2) is 19.9 Å². The molecule has 0 aliphatic rings. The molecule has 0 atom stereocenters. The topological polar surface area (TPSA) is 54.5 Å². The van der Waals surface area contributed by atoms with Crippen molar-refractivity contribution in [3.05, 3.63) is 18.3 Å². The van der Waals surface area contributed by atoms with Gasteiger partial charge < -0.3 is 4.98 Å². The Labute approximate surface area is 77.4 Å². The SMILES string of the molecule is CC.CCc1nc2ncncc2[nH]1. The van der Waals surface area contributed by atoms with E-state index >= 15 is 0 Å². The average molecular weight is 178 g/mol. The maximum atomic E-state index is 4.22. The zero-order valence-corrected chi connectivity index (χ0v) is 8.20. The van der Waals surface area contributed by atoms with Crippen LogP contribution in [0.15, 0.2) is 12.5 Å². The molecule has 2 aromatic rings. The van der Waals surface area contributed by atoms with E-state index in [2.05, 4.69) is 19.9 Å². The van der Waals surface area contributed by atoms with Crippen molar-refractivity contribution in [1.82, 2.24) is 19.9 Å². The number of imidazole rings is 1. The Morgan fingerprint density at radius 3 is 2.77 bits per heavy atom. The van der Waals surface area contributed by atoms with Crippen LogP contribution in [-0.2, 0) is 6.42 Å². The van der Waals surface area contributed by atoms with E-state index in [4.69, 9.17) is 0 Å². The number of nitrogens with zero attached hydrogens (tertiary/aromatic N) is 3. The molecule has 2 heterocycles. The fraction of sp³-hybridized carbons (Fsp3) is 0.444. The first-order chi connectivity index (χ1) is 6.40. The van der Waals surface area contributed by atoms with Crippen molar-refractivity contribution in [2.24, 2.45) is 0 Å². The van der Waals surface area contributed by atoms with Crippen LogP contribution >= 0.6 is 0 Å². The summed E-state index contributed by atoms with van der Waals surface area (Å²) in [5.74, 6) is 0.959. The van der Waals surface area contributed by atoms with E-state index < -0.39 is 0 Å². The van der Waals surface area contributed by atoms with Crippen molar-refractivity contribution in [2.45, 2.75) is 27.2 Å². The number of aromatic nitrogens is 4. The first kappa shape index (κ1) is 9.64. The van der Waals surface area contributed by atoms with Gasteiger partial charge in [0.2, 0.25) is 0 Å². The normalized spacial score (nSPS) is 9.46. The zero-order chi connectivity index (χ0) is 9.68. The molecular formula is C9H14N4. The number of hydrogen-bond acceptors (Lipinski definition) is 3. The Morgan fingerprint density at radius 1 is 1.38 bits per heavy atom. The van der Waals surface area contributed by atoms with E-state index in [-0.39, 0.29) is 0 Å². The number of fused-ring (bicyclic) bond motifs is 1. The Morgan fingerprint density at radius 2 is 2.15 bits per heavy atom. The summed E-state index contributed by atoms with van der Waals surface area (Å²) in [7, 11) is 0. The van der Waals surface area contributed by atoms with Gasteiger partial charge in [-0.2, -0.15) is 0 Å². The molecule has 4 heteroatoms. The van der Waals surface area contributed by atoms with Gasteiger partial charge in [-0.15, -0.1) is 0 Å². The minimum absolute atomic E-state index is 0.747. The van der Waals surface area contributed by atoms with Gasteiger partial charge >= 0.3 is 0 Å². The molecule has 0 saturated carbocycles. The molecule has 0 aliphatic heterocycles. The van der Waals surface area contributed by atoms with Gasteiger partial charge in [0, 0.05) is 6.42 Å². The zero-order valence-electron chi connectivity index (χ0n) is 8.20. The van der Waals surface area contributed by atoms with Gasteiger partial charge in [0.25, 0.3) is 0 Å². The lowest BCUT2D eigenvalue weighted by Crippen LogP contribution is -1.80. The molecule has 4 nitrogen and oxygen atoms in total. The Kier molecular flexibility index (Phi) is 3.37. The van der Waals surface area contributed by atoms with Gasteiger partial charge in [-0.05, 0) is 0 Å². The van der Waals surface area contributed by atoms with Crippen molar-refractivity contribution in [2.75, 3.05) is 0 Å². The molecule has 0 aliphatic carbocycles. The summed E-state index contributed by atoms with van der Waals surface area (Å²) in [4.78, 5) is 15.2. The molecule has 0 radical (unpaired) electrons. The summed E-state index contributed by atoms with van der Waals surface area (Å²) in [6.45, 7) is 6.05. The highest BCUT2D eigenvalue weighted by molar-refractivity contribution is 5.68. The van der Waals surface area contributed by atoms with E-state index in [1.165, 1.54) is 6.33 Å². The molecule has 0 unspecified atom stereocenters. The molecule has 0 spiro atoms. The predicted molar refractivity (Wildman–Crippen MR) is 52.4 cm³/mol. The third kappa shape index (κ3) is 2.02. The van der Waals surface area contributed by atoms with Crippen LogP contribution in [0.3, 0.4) is 0 Å². The number of aromatic amines is 1. The molecule has 0 amide bonds. The maximum absolute atomic E-state index is 4.22. The molecule has 0 aromatic carbocycles. The second-order valence-electron chi connectivity index (χ2n) is 2.30. The summed E-state index contributed by atoms with van der Waals surface area (Å²) in [6, 6.07) is 0. The van der Waals surface area contributed by atoms with Crippen LogP contribution < -0.4 is 0 Å². The van der Waals surface area contributed by atoms with Crippen molar-refractivity contribution < 1.29 is 0 Å². The molecule has 13 heavy (non-hydrogen) atoms. The average Bonchev–Trinajstić information content (AvgIpc) is 2.63. The second-order valence-corrected chi connectivity index (χ2v) is 2.30. The Balaban J connectivity index is 0.000000396. The van der Waals surface area contributed by atoms with Crippen molar-refractivity contribution in [3.63, 3.8) is 0 Å². The standard InChI is InChI=1S/C7H8N4.C2H6/c1-2-6-10-5-3-8-4-9-7(5)11-6;1-2/h3-4H,2H2,1H3,(H,8,9,10,11);1-2H3. The highest BCUT2D eigenvalue weighted by atomic mass is 15.0. The highest BCUT2D eigenvalue weighted by Gasteiger charge is 1.99. The fourth-order valence-electron chi connectivity index (χ4n) is 0.979. The number of aryl methyl sites for hydroxylation is 1. The van der Waals surface area contributed by atoms with E-state index in [0.717, 1.165) is 23.4 Å². The number of H-pyrrole nitrogens is 1. The third-order valence-electron chi connectivity index (χ3n) is 1.55. The largest absolute Gasteiger partial charge is 0.339 e. The van der Waals surface area contributed by atoms with Gasteiger partial charge in [-0.1, -0.05) is 20.8 Å². The van der Waals surface area contributed by atoms with Crippen LogP contribution in [0.1, 0.15) is 26.6 Å². The smallest absolute Gasteiger partial charge is 0.180 e.